The van der Waals surface area contributed by atoms with E-state index in [1.165, 1.54) is 25.0 Å². The third-order valence-electron chi connectivity index (χ3n) is 3.16. The molecule has 1 unspecified atom stereocenters. The van der Waals surface area contributed by atoms with Crippen LogP contribution in [0, 0.1) is 6.92 Å². The maximum Gasteiger partial charge on any atom is 0.0596 e. The van der Waals surface area contributed by atoms with Gasteiger partial charge < -0.3 is 5.32 Å². The molecule has 1 N–H and O–H groups in total. The number of hydrogen-bond donors (Lipinski definition) is 1. The van der Waals surface area contributed by atoms with Gasteiger partial charge in [-0.3, -0.25) is 4.68 Å². The van der Waals surface area contributed by atoms with Crippen molar-refractivity contribution < 1.29 is 0 Å². The van der Waals surface area contributed by atoms with Gasteiger partial charge in [0.05, 0.1) is 5.69 Å². The van der Waals surface area contributed by atoms with Crippen LogP contribution in [0.15, 0.2) is 6.07 Å². The Balaban J connectivity index is 2.51. The van der Waals surface area contributed by atoms with Crippen LogP contribution in [-0.4, -0.2) is 22.4 Å². The second-order valence-electron chi connectivity index (χ2n) is 4.67. The minimum absolute atomic E-state index is 0.658. The van der Waals surface area contributed by atoms with Crippen molar-refractivity contribution in [3.05, 3.63) is 17.5 Å². The highest BCUT2D eigenvalue weighted by Crippen LogP contribution is 2.10. The van der Waals surface area contributed by atoms with Gasteiger partial charge in [-0.2, -0.15) is 5.10 Å². The Labute approximate surface area is 106 Å². The molecule has 0 bridgehead atoms. The molecule has 0 spiro atoms. The van der Waals surface area contributed by atoms with Gasteiger partial charge in [-0.05, 0) is 45.7 Å². The maximum atomic E-state index is 4.50. The topological polar surface area (TPSA) is 29.9 Å². The molecule has 0 radical (unpaired) electrons. The Morgan fingerprint density at radius 3 is 2.65 bits per heavy atom. The Morgan fingerprint density at radius 2 is 2.06 bits per heavy atom. The summed E-state index contributed by atoms with van der Waals surface area (Å²) in [4.78, 5) is 0. The van der Waals surface area contributed by atoms with Crippen molar-refractivity contribution in [2.45, 2.75) is 66.0 Å². The molecule has 0 aliphatic heterocycles. The number of hydrogen-bond acceptors (Lipinski definition) is 2. The number of aryl methyl sites for hydroxylation is 3. The van der Waals surface area contributed by atoms with Crippen molar-refractivity contribution in [1.82, 2.24) is 15.1 Å². The van der Waals surface area contributed by atoms with E-state index < -0.39 is 0 Å². The number of rotatable bonds is 8. The van der Waals surface area contributed by atoms with Gasteiger partial charge in [-0.1, -0.05) is 20.3 Å². The molecule has 0 amide bonds. The SMILES string of the molecule is CCCC(CCc1cc(C)nn1CC)NCC. The fourth-order valence-corrected chi connectivity index (χ4v) is 2.38. The van der Waals surface area contributed by atoms with E-state index in [1.54, 1.807) is 0 Å². The van der Waals surface area contributed by atoms with Crippen molar-refractivity contribution >= 4 is 0 Å². The van der Waals surface area contributed by atoms with Crippen LogP contribution in [0.25, 0.3) is 0 Å². The quantitative estimate of drug-likeness (QED) is 0.753. The smallest absolute Gasteiger partial charge is 0.0596 e. The minimum atomic E-state index is 0.658. The highest BCUT2D eigenvalue weighted by Gasteiger charge is 2.09. The van der Waals surface area contributed by atoms with Gasteiger partial charge in [0, 0.05) is 18.3 Å². The Morgan fingerprint density at radius 1 is 1.29 bits per heavy atom. The van der Waals surface area contributed by atoms with Gasteiger partial charge in [0.25, 0.3) is 0 Å². The summed E-state index contributed by atoms with van der Waals surface area (Å²) in [6.07, 6.45) is 4.87. The second kappa shape index (κ2) is 7.49. The number of nitrogens with one attached hydrogen (secondary N) is 1. The first-order valence-electron chi connectivity index (χ1n) is 6.97. The summed E-state index contributed by atoms with van der Waals surface area (Å²) in [6.45, 7) is 10.7. The van der Waals surface area contributed by atoms with Crippen LogP contribution in [0.5, 0.6) is 0 Å². The van der Waals surface area contributed by atoms with Crippen LogP contribution in [-0.2, 0) is 13.0 Å². The fourth-order valence-electron chi connectivity index (χ4n) is 2.38. The highest BCUT2D eigenvalue weighted by molar-refractivity contribution is 5.09. The normalized spacial score (nSPS) is 12.9. The summed E-state index contributed by atoms with van der Waals surface area (Å²) in [7, 11) is 0. The van der Waals surface area contributed by atoms with Crippen molar-refractivity contribution in [1.29, 1.82) is 0 Å². The van der Waals surface area contributed by atoms with E-state index in [4.69, 9.17) is 0 Å². The van der Waals surface area contributed by atoms with Crippen molar-refractivity contribution in [3.63, 3.8) is 0 Å². The van der Waals surface area contributed by atoms with Gasteiger partial charge >= 0.3 is 0 Å². The molecule has 0 aliphatic carbocycles. The Bertz CT molecular complexity index is 311. The molecule has 0 fully saturated rings. The Kier molecular flexibility index (Phi) is 6.27. The zero-order chi connectivity index (χ0) is 12.7. The summed E-state index contributed by atoms with van der Waals surface area (Å²) in [6, 6.07) is 2.88. The first kappa shape index (κ1) is 14.2. The summed E-state index contributed by atoms with van der Waals surface area (Å²) in [5.41, 5.74) is 2.52. The summed E-state index contributed by atoms with van der Waals surface area (Å²) >= 11 is 0. The van der Waals surface area contributed by atoms with Gasteiger partial charge in [0.15, 0.2) is 0 Å². The lowest BCUT2D eigenvalue weighted by atomic mass is 10.0. The molecule has 3 heteroatoms. The van der Waals surface area contributed by atoms with Gasteiger partial charge in [0.2, 0.25) is 0 Å². The molecule has 3 nitrogen and oxygen atoms in total. The molecule has 0 aromatic carbocycles. The van der Waals surface area contributed by atoms with Gasteiger partial charge in [-0.15, -0.1) is 0 Å². The zero-order valence-electron chi connectivity index (χ0n) is 11.8. The molecule has 1 atom stereocenters. The van der Waals surface area contributed by atoms with Crippen LogP contribution < -0.4 is 5.32 Å². The first-order valence-corrected chi connectivity index (χ1v) is 6.97. The van der Waals surface area contributed by atoms with Gasteiger partial charge in [0.1, 0.15) is 0 Å². The first-order chi connectivity index (χ1) is 8.21. The van der Waals surface area contributed by atoms with E-state index in [0.717, 1.165) is 25.2 Å². The lowest BCUT2D eigenvalue weighted by Crippen LogP contribution is -2.29. The standard InChI is InChI=1S/C14H27N3/c1-5-8-13(15-6-2)9-10-14-11-12(4)16-17(14)7-3/h11,13,15H,5-10H2,1-4H3. The molecule has 98 valence electrons. The van der Waals surface area contributed by atoms with E-state index in [-0.39, 0.29) is 0 Å². The molecule has 1 aromatic heterocycles. The van der Waals surface area contributed by atoms with E-state index in [1.807, 2.05) is 0 Å². The minimum Gasteiger partial charge on any atom is -0.314 e. The van der Waals surface area contributed by atoms with Gasteiger partial charge in [-0.25, -0.2) is 0 Å². The van der Waals surface area contributed by atoms with Crippen molar-refractivity contribution in [3.8, 4) is 0 Å². The Hall–Kier alpha value is -0.830. The van der Waals surface area contributed by atoms with Crippen LogP contribution in [0.2, 0.25) is 0 Å². The fraction of sp³-hybridized carbons (Fsp3) is 0.786. The van der Waals surface area contributed by atoms with E-state index in [2.05, 4.69) is 48.9 Å². The lowest BCUT2D eigenvalue weighted by molar-refractivity contribution is 0.452. The average Bonchev–Trinajstić information content (AvgIpc) is 2.67. The molecular formula is C14H27N3. The number of nitrogens with zero attached hydrogens (tertiary/aromatic N) is 2. The molecule has 0 aliphatic rings. The van der Waals surface area contributed by atoms with Crippen LogP contribution in [0.1, 0.15) is 51.4 Å². The summed E-state index contributed by atoms with van der Waals surface area (Å²) in [5, 5.41) is 8.06. The highest BCUT2D eigenvalue weighted by atomic mass is 15.3. The second-order valence-corrected chi connectivity index (χ2v) is 4.67. The van der Waals surface area contributed by atoms with Crippen LogP contribution in [0.3, 0.4) is 0 Å². The summed E-state index contributed by atoms with van der Waals surface area (Å²) < 4.78 is 2.13. The average molecular weight is 237 g/mol. The molecule has 0 saturated heterocycles. The zero-order valence-corrected chi connectivity index (χ0v) is 11.8. The third kappa shape index (κ3) is 4.50. The molecule has 1 heterocycles. The van der Waals surface area contributed by atoms with Crippen molar-refractivity contribution in [2.24, 2.45) is 0 Å². The predicted octanol–water partition coefficient (Wildman–Crippen LogP) is 2.92. The summed E-state index contributed by atoms with van der Waals surface area (Å²) in [5.74, 6) is 0. The molecule has 1 rings (SSSR count). The molecular weight excluding hydrogens is 210 g/mol. The maximum absolute atomic E-state index is 4.50. The van der Waals surface area contributed by atoms with Crippen LogP contribution >= 0.6 is 0 Å². The molecule has 17 heavy (non-hydrogen) atoms. The largest absolute Gasteiger partial charge is 0.314 e. The monoisotopic (exact) mass is 237 g/mol. The molecule has 0 saturated carbocycles. The van der Waals surface area contributed by atoms with E-state index in [0.29, 0.717) is 6.04 Å². The lowest BCUT2D eigenvalue weighted by Gasteiger charge is -2.17. The van der Waals surface area contributed by atoms with E-state index >= 15 is 0 Å². The van der Waals surface area contributed by atoms with Crippen molar-refractivity contribution in [2.75, 3.05) is 6.54 Å². The molecule has 1 aromatic rings. The van der Waals surface area contributed by atoms with E-state index in [9.17, 15) is 0 Å². The van der Waals surface area contributed by atoms with Crippen LogP contribution in [0.4, 0.5) is 0 Å². The third-order valence-corrected chi connectivity index (χ3v) is 3.16. The predicted molar refractivity (Wildman–Crippen MR) is 73.3 cm³/mol. The number of aromatic nitrogens is 2.